The van der Waals surface area contributed by atoms with E-state index in [0.29, 0.717) is 52.8 Å². The minimum atomic E-state index is 0.525. The van der Waals surface area contributed by atoms with Gasteiger partial charge in [-0.05, 0) is 5.56 Å². The number of rotatable bonds is 15. The van der Waals surface area contributed by atoms with Gasteiger partial charge in [-0.2, -0.15) is 0 Å². The molecular weight excluding hydrogens is 398 g/mol. The first kappa shape index (κ1) is 23.2. The van der Waals surface area contributed by atoms with Crippen LogP contribution in [-0.4, -0.2) is 85.2 Å². The molecule has 9 nitrogen and oxygen atoms in total. The van der Waals surface area contributed by atoms with Crippen LogP contribution in [0.4, 0.5) is 0 Å². The Morgan fingerprint density at radius 3 is 2.29 bits per heavy atom. The smallest absolute Gasteiger partial charge is 0.208 e. The summed E-state index contributed by atoms with van der Waals surface area (Å²) in [6.45, 7) is 8.57. The SMILES string of the molecule is COCCOCCOCCOCCn1nncc1C1=CN(Cc2ccccc2)[C]N1C. The summed E-state index contributed by atoms with van der Waals surface area (Å²) in [4.78, 5) is 4.00. The highest BCUT2D eigenvalue weighted by molar-refractivity contribution is 5.62. The van der Waals surface area contributed by atoms with E-state index in [9.17, 15) is 0 Å². The average molecular weight is 430 g/mol. The van der Waals surface area contributed by atoms with Gasteiger partial charge in [-0.3, -0.25) is 0 Å². The lowest BCUT2D eigenvalue weighted by Gasteiger charge is -2.17. The molecule has 0 N–H and O–H groups in total. The van der Waals surface area contributed by atoms with Crippen LogP contribution in [0.2, 0.25) is 0 Å². The maximum atomic E-state index is 5.66. The van der Waals surface area contributed by atoms with Gasteiger partial charge >= 0.3 is 0 Å². The fraction of sp³-hybridized carbons (Fsp3) is 0.500. The van der Waals surface area contributed by atoms with Gasteiger partial charge in [-0.1, -0.05) is 35.5 Å². The predicted octanol–water partition coefficient (Wildman–Crippen LogP) is 1.72. The van der Waals surface area contributed by atoms with Crippen molar-refractivity contribution in [1.29, 1.82) is 0 Å². The summed E-state index contributed by atoms with van der Waals surface area (Å²) in [5.74, 6) is 0. The zero-order chi connectivity index (χ0) is 21.7. The standard InChI is InChI=1S/C22H31N5O4/c1-25-19-26(17-20-6-4-3-5-7-20)18-22(25)21-16-23-24-27(21)8-9-29-12-13-31-15-14-30-11-10-28-2/h3-7,16,18H,8-15,17H2,1-2H3. The number of hydrogen-bond acceptors (Lipinski definition) is 8. The molecule has 0 amide bonds. The summed E-state index contributed by atoms with van der Waals surface area (Å²) in [5.41, 5.74) is 3.15. The Hall–Kier alpha value is -2.46. The van der Waals surface area contributed by atoms with Crippen LogP contribution in [0.15, 0.2) is 42.7 Å². The highest BCUT2D eigenvalue weighted by Gasteiger charge is 2.23. The topological polar surface area (TPSA) is 74.1 Å². The number of benzene rings is 1. The van der Waals surface area contributed by atoms with Crippen LogP contribution in [0.3, 0.4) is 0 Å². The quantitative estimate of drug-likeness (QED) is 0.396. The van der Waals surface area contributed by atoms with Crippen LogP contribution in [0, 0.1) is 6.67 Å². The second kappa shape index (κ2) is 13.1. The molecule has 0 spiro atoms. The molecule has 1 aromatic heterocycles. The van der Waals surface area contributed by atoms with Crippen molar-refractivity contribution in [2.75, 3.05) is 60.4 Å². The minimum absolute atomic E-state index is 0.525. The number of nitrogens with zero attached hydrogens (tertiary/aromatic N) is 5. The Balaban J connectivity index is 1.37. The lowest BCUT2D eigenvalue weighted by atomic mass is 10.2. The molecule has 0 aliphatic carbocycles. The third-order valence-corrected chi connectivity index (χ3v) is 4.62. The Morgan fingerprint density at radius 2 is 1.58 bits per heavy atom. The van der Waals surface area contributed by atoms with Crippen molar-refractivity contribution >= 4 is 5.70 Å². The van der Waals surface area contributed by atoms with Crippen molar-refractivity contribution in [3.05, 3.63) is 60.7 Å². The lowest BCUT2D eigenvalue weighted by Crippen LogP contribution is -2.18. The lowest BCUT2D eigenvalue weighted by molar-refractivity contribution is 0.00242. The van der Waals surface area contributed by atoms with E-state index in [4.69, 9.17) is 18.9 Å². The van der Waals surface area contributed by atoms with Crippen molar-refractivity contribution in [3.63, 3.8) is 0 Å². The molecule has 0 saturated carbocycles. The Bertz CT molecular complexity index is 783. The van der Waals surface area contributed by atoms with Crippen LogP contribution >= 0.6 is 0 Å². The molecule has 1 aromatic carbocycles. The monoisotopic (exact) mass is 429 g/mol. The van der Waals surface area contributed by atoms with E-state index in [1.807, 2.05) is 39.7 Å². The molecule has 0 fully saturated rings. The van der Waals surface area contributed by atoms with E-state index in [1.165, 1.54) is 5.56 Å². The van der Waals surface area contributed by atoms with E-state index in [0.717, 1.165) is 17.9 Å². The normalized spacial score (nSPS) is 13.8. The highest BCUT2D eigenvalue weighted by Crippen LogP contribution is 2.27. The summed E-state index contributed by atoms with van der Waals surface area (Å²) in [6, 6.07) is 10.3. The van der Waals surface area contributed by atoms with Gasteiger partial charge in [0.25, 0.3) is 0 Å². The Kier molecular flexibility index (Phi) is 9.78. The summed E-state index contributed by atoms with van der Waals surface area (Å²) in [7, 11) is 3.63. The number of aromatic nitrogens is 3. The summed E-state index contributed by atoms with van der Waals surface area (Å²) in [5, 5.41) is 8.28. The molecule has 9 heteroatoms. The van der Waals surface area contributed by atoms with Crippen LogP contribution in [0.1, 0.15) is 11.3 Å². The highest BCUT2D eigenvalue weighted by atomic mass is 16.6. The van der Waals surface area contributed by atoms with Crippen LogP contribution in [0.5, 0.6) is 0 Å². The van der Waals surface area contributed by atoms with Crippen molar-refractivity contribution in [1.82, 2.24) is 24.8 Å². The molecule has 2 radical (unpaired) electrons. The molecule has 2 aromatic rings. The molecule has 2 heterocycles. The third kappa shape index (κ3) is 7.62. The average Bonchev–Trinajstić information content (AvgIpc) is 3.38. The van der Waals surface area contributed by atoms with E-state index in [1.54, 1.807) is 13.3 Å². The number of hydrogen-bond donors (Lipinski definition) is 0. The van der Waals surface area contributed by atoms with Gasteiger partial charge in [0.2, 0.25) is 6.67 Å². The van der Waals surface area contributed by atoms with E-state index in [2.05, 4.69) is 35.3 Å². The van der Waals surface area contributed by atoms with Crippen molar-refractivity contribution < 1.29 is 18.9 Å². The van der Waals surface area contributed by atoms with Crippen molar-refractivity contribution in [2.45, 2.75) is 13.1 Å². The van der Waals surface area contributed by atoms with Crippen LogP contribution < -0.4 is 0 Å². The first-order valence-corrected chi connectivity index (χ1v) is 10.4. The molecule has 3 rings (SSSR count). The first-order chi connectivity index (χ1) is 15.3. The largest absolute Gasteiger partial charge is 0.382 e. The first-order valence-electron chi connectivity index (χ1n) is 10.4. The van der Waals surface area contributed by atoms with Crippen molar-refractivity contribution in [3.8, 4) is 0 Å². The zero-order valence-electron chi connectivity index (χ0n) is 18.3. The molecule has 0 unspecified atom stereocenters. The van der Waals surface area contributed by atoms with Crippen LogP contribution in [0.25, 0.3) is 5.70 Å². The Morgan fingerprint density at radius 1 is 0.903 bits per heavy atom. The van der Waals surface area contributed by atoms with Gasteiger partial charge in [0, 0.05) is 26.9 Å². The molecule has 1 aliphatic rings. The maximum Gasteiger partial charge on any atom is 0.208 e. The predicted molar refractivity (Wildman–Crippen MR) is 115 cm³/mol. The van der Waals surface area contributed by atoms with E-state index in [-0.39, 0.29) is 0 Å². The van der Waals surface area contributed by atoms with E-state index < -0.39 is 0 Å². The second-order valence-corrected chi connectivity index (χ2v) is 6.96. The molecule has 1 aliphatic heterocycles. The van der Waals surface area contributed by atoms with Crippen LogP contribution in [-0.2, 0) is 32.0 Å². The summed E-state index contributed by atoms with van der Waals surface area (Å²) >= 11 is 0. The molecular formula is C22H31N5O4. The van der Waals surface area contributed by atoms with E-state index >= 15 is 0 Å². The van der Waals surface area contributed by atoms with Gasteiger partial charge in [0.1, 0.15) is 5.69 Å². The Labute approximate surface area is 184 Å². The third-order valence-electron chi connectivity index (χ3n) is 4.62. The second-order valence-electron chi connectivity index (χ2n) is 6.96. The van der Waals surface area contributed by atoms with Gasteiger partial charge in [0.15, 0.2) is 0 Å². The van der Waals surface area contributed by atoms with Gasteiger partial charge < -0.3 is 28.7 Å². The molecule has 31 heavy (non-hydrogen) atoms. The number of ether oxygens (including phenoxy) is 4. The number of methoxy groups -OCH3 is 1. The molecule has 0 atom stereocenters. The fourth-order valence-electron chi connectivity index (χ4n) is 3.07. The molecule has 0 saturated heterocycles. The van der Waals surface area contributed by atoms with Gasteiger partial charge in [-0.15, -0.1) is 5.10 Å². The van der Waals surface area contributed by atoms with Gasteiger partial charge in [-0.25, -0.2) is 4.68 Å². The molecule has 168 valence electrons. The molecule has 0 bridgehead atoms. The van der Waals surface area contributed by atoms with Gasteiger partial charge in [0.05, 0.1) is 64.7 Å². The summed E-state index contributed by atoms with van der Waals surface area (Å²) < 4.78 is 23.2. The summed E-state index contributed by atoms with van der Waals surface area (Å²) in [6.07, 6.45) is 3.83. The zero-order valence-corrected chi connectivity index (χ0v) is 18.3. The maximum absolute atomic E-state index is 5.66. The fourth-order valence-corrected chi connectivity index (χ4v) is 3.07. The minimum Gasteiger partial charge on any atom is -0.382 e. The van der Waals surface area contributed by atoms with Crippen molar-refractivity contribution in [2.24, 2.45) is 0 Å².